The van der Waals surface area contributed by atoms with Crippen LogP contribution in [0.3, 0.4) is 0 Å². The lowest BCUT2D eigenvalue weighted by molar-refractivity contribution is 0.296. The molecule has 3 fully saturated rings. The number of hydrogen-bond donors (Lipinski definition) is 0. The summed E-state index contributed by atoms with van der Waals surface area (Å²) in [5.41, 5.74) is 0. The molecule has 3 heterocycles. The number of ether oxygens (including phenoxy) is 3. The summed E-state index contributed by atoms with van der Waals surface area (Å²) in [5.74, 6) is 0. The van der Waals surface area contributed by atoms with Gasteiger partial charge >= 0.3 is 0 Å². The second-order valence-electron chi connectivity index (χ2n) is 2.81. The molecule has 0 aliphatic carbocycles. The number of epoxide rings is 3. The summed E-state index contributed by atoms with van der Waals surface area (Å²) in [4.78, 5) is 0. The minimum absolute atomic E-state index is 0.387. The van der Waals surface area contributed by atoms with E-state index >= 15 is 0 Å². The standard InChI is InChI=1S/C6H8O3/c1-3(7-1)5-6(9-5)4-2-8-4/h3-6H,1-2H2. The van der Waals surface area contributed by atoms with Gasteiger partial charge in [-0.15, -0.1) is 0 Å². The van der Waals surface area contributed by atoms with E-state index in [0.717, 1.165) is 13.2 Å². The van der Waals surface area contributed by atoms with Crippen LogP contribution >= 0.6 is 0 Å². The first-order valence-corrected chi connectivity index (χ1v) is 3.34. The molecule has 3 heteroatoms. The molecule has 3 nitrogen and oxygen atoms in total. The fourth-order valence-electron chi connectivity index (χ4n) is 1.22. The molecule has 0 spiro atoms. The number of hydrogen-bond acceptors (Lipinski definition) is 3. The summed E-state index contributed by atoms with van der Waals surface area (Å²) >= 11 is 0. The molecule has 4 atom stereocenters. The van der Waals surface area contributed by atoms with Gasteiger partial charge in [0.2, 0.25) is 0 Å². The van der Waals surface area contributed by atoms with E-state index in [-0.39, 0.29) is 0 Å². The Morgan fingerprint density at radius 3 is 1.67 bits per heavy atom. The van der Waals surface area contributed by atoms with Gasteiger partial charge < -0.3 is 14.2 Å². The molecule has 0 bridgehead atoms. The van der Waals surface area contributed by atoms with Crippen molar-refractivity contribution in [3.05, 3.63) is 0 Å². The smallest absolute Gasteiger partial charge is 0.115 e. The van der Waals surface area contributed by atoms with Crippen molar-refractivity contribution in [2.75, 3.05) is 13.2 Å². The monoisotopic (exact) mass is 128 g/mol. The quantitative estimate of drug-likeness (QED) is 0.473. The third kappa shape index (κ3) is 0.689. The molecule has 0 N–H and O–H groups in total. The third-order valence-corrected chi connectivity index (χ3v) is 2.01. The van der Waals surface area contributed by atoms with Crippen LogP contribution in [0.5, 0.6) is 0 Å². The lowest BCUT2D eigenvalue weighted by Gasteiger charge is -1.78. The Kier molecular flexibility index (Phi) is 0.678. The fraction of sp³-hybridized carbons (Fsp3) is 1.00. The molecule has 3 saturated heterocycles. The zero-order valence-electron chi connectivity index (χ0n) is 4.95. The van der Waals surface area contributed by atoms with Crippen LogP contribution in [0.25, 0.3) is 0 Å². The summed E-state index contributed by atoms with van der Waals surface area (Å²) in [6.07, 6.45) is 1.60. The van der Waals surface area contributed by atoms with Crippen molar-refractivity contribution < 1.29 is 14.2 Å². The van der Waals surface area contributed by atoms with Crippen molar-refractivity contribution in [2.24, 2.45) is 0 Å². The van der Waals surface area contributed by atoms with Gasteiger partial charge in [0.05, 0.1) is 13.2 Å². The molecular formula is C6H8O3. The Hall–Kier alpha value is -0.120. The molecule has 9 heavy (non-hydrogen) atoms. The molecule has 0 saturated carbocycles. The third-order valence-electron chi connectivity index (χ3n) is 2.01. The van der Waals surface area contributed by atoms with Gasteiger partial charge in [-0.1, -0.05) is 0 Å². The molecule has 3 aliphatic rings. The van der Waals surface area contributed by atoms with Crippen LogP contribution in [-0.4, -0.2) is 37.6 Å². The first kappa shape index (κ1) is 4.66. The van der Waals surface area contributed by atoms with Crippen molar-refractivity contribution in [2.45, 2.75) is 24.4 Å². The van der Waals surface area contributed by atoms with E-state index in [4.69, 9.17) is 14.2 Å². The minimum atomic E-state index is 0.387. The highest BCUT2D eigenvalue weighted by atomic mass is 16.7. The Morgan fingerprint density at radius 1 is 0.889 bits per heavy atom. The second-order valence-corrected chi connectivity index (χ2v) is 2.81. The highest BCUT2D eigenvalue weighted by Gasteiger charge is 2.58. The van der Waals surface area contributed by atoms with Gasteiger partial charge in [-0.3, -0.25) is 0 Å². The summed E-state index contributed by atoms with van der Waals surface area (Å²) in [6.45, 7) is 1.79. The van der Waals surface area contributed by atoms with E-state index in [0.29, 0.717) is 24.4 Å². The molecule has 0 amide bonds. The Labute approximate surface area is 52.9 Å². The van der Waals surface area contributed by atoms with Crippen LogP contribution < -0.4 is 0 Å². The predicted molar refractivity (Wildman–Crippen MR) is 28.1 cm³/mol. The zero-order chi connectivity index (χ0) is 5.84. The molecule has 50 valence electrons. The van der Waals surface area contributed by atoms with Gasteiger partial charge in [0.25, 0.3) is 0 Å². The van der Waals surface area contributed by atoms with Crippen LogP contribution in [0.15, 0.2) is 0 Å². The van der Waals surface area contributed by atoms with E-state index in [9.17, 15) is 0 Å². The minimum Gasteiger partial charge on any atom is -0.370 e. The van der Waals surface area contributed by atoms with E-state index in [1.165, 1.54) is 0 Å². The molecule has 0 aromatic heterocycles. The van der Waals surface area contributed by atoms with E-state index < -0.39 is 0 Å². The van der Waals surface area contributed by atoms with Crippen LogP contribution in [0.1, 0.15) is 0 Å². The summed E-state index contributed by atoms with van der Waals surface area (Å²) < 4.78 is 15.4. The highest BCUT2D eigenvalue weighted by molar-refractivity contribution is 5.03. The maximum absolute atomic E-state index is 5.31. The molecule has 3 aliphatic heterocycles. The van der Waals surface area contributed by atoms with Crippen molar-refractivity contribution in [1.82, 2.24) is 0 Å². The second kappa shape index (κ2) is 1.31. The lowest BCUT2D eigenvalue weighted by Crippen LogP contribution is -2.06. The molecule has 4 unspecified atom stereocenters. The van der Waals surface area contributed by atoms with Gasteiger partial charge in [0, 0.05) is 0 Å². The zero-order valence-corrected chi connectivity index (χ0v) is 4.95. The van der Waals surface area contributed by atoms with Gasteiger partial charge in [-0.2, -0.15) is 0 Å². The van der Waals surface area contributed by atoms with Crippen LogP contribution in [0, 0.1) is 0 Å². The van der Waals surface area contributed by atoms with Gasteiger partial charge in [0.15, 0.2) is 0 Å². The van der Waals surface area contributed by atoms with Crippen molar-refractivity contribution in [3.8, 4) is 0 Å². The first-order valence-electron chi connectivity index (χ1n) is 3.34. The van der Waals surface area contributed by atoms with Crippen LogP contribution in [0.2, 0.25) is 0 Å². The van der Waals surface area contributed by atoms with Crippen molar-refractivity contribution in [1.29, 1.82) is 0 Å². The topological polar surface area (TPSA) is 37.6 Å². The van der Waals surface area contributed by atoms with Gasteiger partial charge in [0.1, 0.15) is 24.4 Å². The molecule has 0 aromatic rings. The van der Waals surface area contributed by atoms with E-state index in [1.54, 1.807) is 0 Å². The average molecular weight is 128 g/mol. The Bertz CT molecular complexity index is 123. The largest absolute Gasteiger partial charge is 0.370 e. The highest BCUT2D eigenvalue weighted by Crippen LogP contribution is 2.39. The van der Waals surface area contributed by atoms with Gasteiger partial charge in [-0.25, -0.2) is 0 Å². The maximum Gasteiger partial charge on any atom is 0.115 e. The normalized spacial score (nSPS) is 61.3. The first-order chi connectivity index (χ1) is 4.45. The summed E-state index contributed by atoms with van der Waals surface area (Å²) in [6, 6.07) is 0. The molecular weight excluding hydrogens is 120 g/mol. The number of rotatable bonds is 2. The van der Waals surface area contributed by atoms with E-state index in [1.807, 2.05) is 0 Å². The van der Waals surface area contributed by atoms with Crippen molar-refractivity contribution in [3.63, 3.8) is 0 Å². The van der Waals surface area contributed by atoms with Crippen LogP contribution in [-0.2, 0) is 14.2 Å². The average Bonchev–Trinajstić information content (AvgIpc) is 2.67. The Balaban J connectivity index is 1.61. The Morgan fingerprint density at radius 2 is 1.33 bits per heavy atom. The van der Waals surface area contributed by atoms with Crippen molar-refractivity contribution >= 4 is 0 Å². The SMILES string of the molecule is C1OC1C1OC1C1CO1. The van der Waals surface area contributed by atoms with Crippen LogP contribution in [0.4, 0.5) is 0 Å². The predicted octanol–water partition coefficient (Wildman–Crippen LogP) is -0.449. The maximum atomic E-state index is 5.31. The molecule has 0 radical (unpaired) electrons. The van der Waals surface area contributed by atoms with Gasteiger partial charge in [-0.05, 0) is 0 Å². The molecule has 3 rings (SSSR count). The summed E-state index contributed by atoms with van der Waals surface area (Å²) in [7, 11) is 0. The summed E-state index contributed by atoms with van der Waals surface area (Å²) in [5, 5.41) is 0. The van der Waals surface area contributed by atoms with E-state index in [2.05, 4.69) is 0 Å². The lowest BCUT2D eigenvalue weighted by atomic mass is 10.2. The molecule has 0 aromatic carbocycles. The fourth-order valence-corrected chi connectivity index (χ4v) is 1.22.